The molecule has 0 aliphatic carbocycles. The van der Waals surface area contributed by atoms with Crippen molar-refractivity contribution in [2.75, 3.05) is 11.9 Å². The van der Waals surface area contributed by atoms with E-state index in [-0.39, 0.29) is 18.7 Å². The van der Waals surface area contributed by atoms with Crippen LogP contribution in [0.1, 0.15) is 44.9 Å². The van der Waals surface area contributed by atoms with Gasteiger partial charge in [0.15, 0.2) is 0 Å². The Kier molecular flexibility index (Phi) is 11.7. The van der Waals surface area contributed by atoms with Crippen molar-refractivity contribution < 1.29 is 43.8 Å². The van der Waals surface area contributed by atoms with Crippen LogP contribution in [0.5, 0.6) is 0 Å². The number of carbonyl (C=O) groups is 4. The summed E-state index contributed by atoms with van der Waals surface area (Å²) < 4.78 is 13.5. The van der Waals surface area contributed by atoms with E-state index in [0.29, 0.717) is 32.2 Å². The number of halogens is 1. The minimum Gasteiger partial charge on any atom is -0.481 e. The van der Waals surface area contributed by atoms with Gasteiger partial charge in [0.2, 0.25) is 0 Å². The van der Waals surface area contributed by atoms with Crippen LogP contribution in [0.25, 0.3) is 0 Å². The summed E-state index contributed by atoms with van der Waals surface area (Å²) >= 11 is 0. The molecular formula is C19H26FN5O9. The van der Waals surface area contributed by atoms with Crippen LogP contribution in [-0.2, 0) is 14.4 Å². The summed E-state index contributed by atoms with van der Waals surface area (Å²) in [6, 6.07) is -1.48. The van der Waals surface area contributed by atoms with Crippen molar-refractivity contribution >= 4 is 35.4 Å². The summed E-state index contributed by atoms with van der Waals surface area (Å²) in [7, 11) is 0. The van der Waals surface area contributed by atoms with Crippen molar-refractivity contribution in [2.45, 2.75) is 57.0 Å². The fourth-order valence-corrected chi connectivity index (χ4v) is 2.85. The number of urea groups is 1. The molecule has 1 aromatic rings. The largest absolute Gasteiger partial charge is 0.481 e. The van der Waals surface area contributed by atoms with Gasteiger partial charge in [-0.2, -0.15) is 9.37 Å². The summed E-state index contributed by atoms with van der Waals surface area (Å²) in [6.07, 6.45) is 1.57. The van der Waals surface area contributed by atoms with Gasteiger partial charge in [-0.15, -0.1) is 0 Å². The van der Waals surface area contributed by atoms with E-state index < -0.39 is 59.0 Å². The summed E-state index contributed by atoms with van der Waals surface area (Å²) in [6.45, 7) is 0.403. The molecule has 14 nitrogen and oxygen atoms in total. The zero-order valence-corrected chi connectivity index (χ0v) is 18.0. The maximum absolute atomic E-state index is 13.5. The molecule has 1 heterocycles. The molecule has 1 aromatic heterocycles. The molecule has 2 amide bonds. The molecule has 0 aliphatic rings. The number of aromatic nitrogens is 1. The molecule has 1 rings (SSSR count). The Morgan fingerprint density at radius 2 is 1.56 bits per heavy atom. The molecule has 15 heteroatoms. The summed E-state index contributed by atoms with van der Waals surface area (Å²) in [5, 5.41) is 44.5. The van der Waals surface area contributed by atoms with E-state index in [9.17, 15) is 38.8 Å². The van der Waals surface area contributed by atoms with Gasteiger partial charge in [0.25, 0.3) is 5.95 Å². The molecule has 34 heavy (non-hydrogen) atoms. The molecule has 0 spiro atoms. The quantitative estimate of drug-likeness (QED) is 0.0849. The van der Waals surface area contributed by atoms with Crippen molar-refractivity contribution in [3.05, 3.63) is 28.2 Å². The van der Waals surface area contributed by atoms with Gasteiger partial charge < -0.3 is 31.3 Å². The summed E-state index contributed by atoms with van der Waals surface area (Å²) in [4.78, 5) is 58.1. The number of carboxylic acid groups (broad SMARTS) is 3. The van der Waals surface area contributed by atoms with E-state index in [1.54, 1.807) is 0 Å². The maximum atomic E-state index is 13.5. The summed E-state index contributed by atoms with van der Waals surface area (Å²) in [5.74, 6) is -5.03. The predicted octanol–water partition coefficient (Wildman–Crippen LogP) is 1.56. The zero-order valence-electron chi connectivity index (χ0n) is 18.0. The first-order valence-electron chi connectivity index (χ1n) is 10.3. The van der Waals surface area contributed by atoms with E-state index in [2.05, 4.69) is 20.9 Å². The molecule has 2 atom stereocenters. The number of unbranched alkanes of at least 4 members (excludes halogenated alkanes) is 3. The summed E-state index contributed by atoms with van der Waals surface area (Å²) in [5.41, 5.74) is -0.723. The number of pyridine rings is 1. The molecule has 0 saturated carbocycles. The molecular weight excluding hydrogens is 461 g/mol. The minimum atomic E-state index is -1.48. The molecule has 6 N–H and O–H groups in total. The number of anilines is 1. The Morgan fingerprint density at radius 3 is 2.09 bits per heavy atom. The molecule has 188 valence electrons. The Balaban J connectivity index is 2.34. The second-order valence-corrected chi connectivity index (χ2v) is 7.23. The fourth-order valence-electron chi connectivity index (χ4n) is 2.85. The van der Waals surface area contributed by atoms with Gasteiger partial charge in [-0.1, -0.05) is 19.3 Å². The number of carbonyl (C=O) groups excluding carboxylic acids is 1. The topological polar surface area (TPSA) is 221 Å². The average molecular weight is 487 g/mol. The average Bonchev–Trinajstić information content (AvgIpc) is 2.74. The lowest BCUT2D eigenvalue weighted by Gasteiger charge is -2.18. The fraction of sp³-hybridized carbons (Fsp3) is 0.526. The molecule has 0 aliphatic heterocycles. The standard InChI is InChI=1S/C19H26FN5O9/c20-16-13(25(33)34)7-8-14(24-16)21-10-4-2-1-3-5-11(17(28)29)22-19(32)23-12(18(30)31)6-9-15(26)27/h7-8,11-12H,1-6,9-10H2,(H,21,24)(H,26,27)(H,28,29)(H,30,31)(H2,22,23,32)/t11-,12?/m0/s1. The number of carboxylic acids is 3. The van der Waals surface area contributed by atoms with Crippen molar-refractivity contribution in [3.63, 3.8) is 0 Å². The first kappa shape index (κ1) is 28.0. The van der Waals surface area contributed by atoms with Crippen LogP contribution in [0.3, 0.4) is 0 Å². The molecule has 0 bridgehead atoms. The Labute approximate surface area is 192 Å². The van der Waals surface area contributed by atoms with Gasteiger partial charge >= 0.3 is 29.6 Å². The molecule has 0 aromatic carbocycles. The highest BCUT2D eigenvalue weighted by Crippen LogP contribution is 2.17. The van der Waals surface area contributed by atoms with Gasteiger partial charge in [0, 0.05) is 19.0 Å². The van der Waals surface area contributed by atoms with Gasteiger partial charge in [0.1, 0.15) is 17.9 Å². The first-order valence-corrected chi connectivity index (χ1v) is 10.3. The van der Waals surface area contributed by atoms with Crippen LogP contribution in [0.15, 0.2) is 12.1 Å². The van der Waals surface area contributed by atoms with E-state index >= 15 is 0 Å². The Morgan fingerprint density at radius 1 is 0.971 bits per heavy atom. The van der Waals surface area contributed by atoms with E-state index in [4.69, 9.17) is 10.2 Å². The SMILES string of the molecule is O=C(O)CCC(NC(=O)N[C@@H](CCCCCCNc1ccc([N+](=O)[O-])c(F)n1)C(=O)O)C(=O)O. The van der Waals surface area contributed by atoms with Crippen molar-refractivity contribution in [2.24, 2.45) is 0 Å². The number of amides is 2. The zero-order chi connectivity index (χ0) is 25.7. The number of nitro groups is 1. The third-order valence-corrected chi connectivity index (χ3v) is 4.61. The number of nitrogens with zero attached hydrogens (tertiary/aromatic N) is 2. The second-order valence-electron chi connectivity index (χ2n) is 7.23. The Hall–Kier alpha value is -4.04. The third kappa shape index (κ3) is 10.5. The molecule has 0 fully saturated rings. The highest BCUT2D eigenvalue weighted by Gasteiger charge is 2.24. The number of nitrogens with one attached hydrogen (secondary N) is 3. The van der Waals surface area contributed by atoms with E-state index in [1.165, 1.54) is 6.07 Å². The lowest BCUT2D eigenvalue weighted by Crippen LogP contribution is -2.51. The lowest BCUT2D eigenvalue weighted by molar-refractivity contribution is -0.388. The highest BCUT2D eigenvalue weighted by molar-refractivity contribution is 5.86. The van der Waals surface area contributed by atoms with E-state index in [1.807, 2.05) is 0 Å². The molecule has 0 saturated heterocycles. The van der Waals surface area contributed by atoms with Gasteiger partial charge in [-0.25, -0.2) is 14.4 Å². The third-order valence-electron chi connectivity index (χ3n) is 4.61. The van der Waals surface area contributed by atoms with Crippen LogP contribution in [0.4, 0.5) is 20.7 Å². The van der Waals surface area contributed by atoms with Crippen LogP contribution in [-0.4, -0.2) is 67.8 Å². The van der Waals surface area contributed by atoms with Crippen LogP contribution >= 0.6 is 0 Å². The van der Waals surface area contributed by atoms with Gasteiger partial charge in [-0.3, -0.25) is 14.9 Å². The molecule has 0 radical (unpaired) electrons. The molecule has 1 unspecified atom stereocenters. The number of rotatable bonds is 16. The maximum Gasteiger partial charge on any atom is 0.326 e. The van der Waals surface area contributed by atoms with Crippen molar-refractivity contribution in [3.8, 4) is 0 Å². The minimum absolute atomic E-state index is 0.0815. The highest BCUT2D eigenvalue weighted by atomic mass is 19.1. The van der Waals surface area contributed by atoms with E-state index in [0.717, 1.165) is 6.07 Å². The smallest absolute Gasteiger partial charge is 0.326 e. The van der Waals surface area contributed by atoms with Crippen LogP contribution in [0, 0.1) is 16.1 Å². The number of aliphatic carboxylic acids is 3. The first-order chi connectivity index (χ1) is 16.0. The van der Waals surface area contributed by atoms with Crippen molar-refractivity contribution in [1.82, 2.24) is 15.6 Å². The van der Waals surface area contributed by atoms with Crippen LogP contribution in [0.2, 0.25) is 0 Å². The van der Waals surface area contributed by atoms with Crippen LogP contribution < -0.4 is 16.0 Å². The van der Waals surface area contributed by atoms with Gasteiger partial charge in [0.05, 0.1) is 4.92 Å². The predicted molar refractivity (Wildman–Crippen MR) is 114 cm³/mol. The number of hydrogen-bond donors (Lipinski definition) is 6. The second kappa shape index (κ2) is 14.2. The number of hydrogen-bond acceptors (Lipinski definition) is 8. The normalized spacial score (nSPS) is 12.3. The lowest BCUT2D eigenvalue weighted by atomic mass is 10.1. The monoisotopic (exact) mass is 487 g/mol. The Bertz CT molecular complexity index is 899. The van der Waals surface area contributed by atoms with Crippen molar-refractivity contribution in [1.29, 1.82) is 0 Å². The van der Waals surface area contributed by atoms with Gasteiger partial charge in [-0.05, 0) is 25.3 Å².